The molecule has 3 N–H and O–H groups in total. The number of rotatable bonds is 5. The Hall–Kier alpha value is -2.61. The number of benzene rings is 2. The average molecular weight is 449 g/mol. The maximum absolute atomic E-state index is 12.8. The smallest absolute Gasteiger partial charge is 0.261 e. The number of nitrogens with one attached hydrogen (secondary N) is 1. The summed E-state index contributed by atoms with van der Waals surface area (Å²) in [5.41, 5.74) is 8.54. The van der Waals surface area contributed by atoms with Crippen LogP contribution in [-0.2, 0) is 6.54 Å². The molecule has 6 nitrogen and oxygen atoms in total. The minimum absolute atomic E-state index is 0.00243. The van der Waals surface area contributed by atoms with E-state index in [1.165, 1.54) is 11.5 Å². The number of carbonyl (C=O) groups is 1. The van der Waals surface area contributed by atoms with Gasteiger partial charge in [0.05, 0.1) is 24.9 Å². The first-order valence-electron chi connectivity index (χ1n) is 8.54. The lowest BCUT2D eigenvalue weighted by atomic mass is 10.1. The predicted molar refractivity (Wildman–Crippen MR) is 118 cm³/mol. The predicted octanol–water partition coefficient (Wildman–Crippen LogP) is 4.68. The Balaban J connectivity index is 1.77. The second-order valence-corrected chi connectivity index (χ2v) is 7.97. The van der Waals surface area contributed by atoms with Gasteiger partial charge in [-0.2, -0.15) is 4.37 Å². The van der Waals surface area contributed by atoms with Crippen molar-refractivity contribution in [3.05, 3.63) is 68.5 Å². The summed E-state index contributed by atoms with van der Waals surface area (Å²) in [4.78, 5) is 17.8. The van der Waals surface area contributed by atoms with Crippen LogP contribution in [0, 0.1) is 6.92 Å². The number of methoxy groups -OCH3 is 1. The third-order valence-corrected chi connectivity index (χ3v) is 5.24. The van der Waals surface area contributed by atoms with Crippen LogP contribution in [0.25, 0.3) is 11.3 Å². The van der Waals surface area contributed by atoms with E-state index in [0.29, 0.717) is 21.3 Å². The maximum atomic E-state index is 12.8. The van der Waals surface area contributed by atoms with Crippen molar-refractivity contribution in [1.29, 1.82) is 0 Å². The molecule has 1 aromatic heterocycles. The van der Waals surface area contributed by atoms with E-state index < -0.39 is 0 Å². The SMILES string of the molecule is COc1ccc(-c2nsc(C)c2C(=O)NC(N)=NCc2cc(Cl)cc(Cl)c2)cc1. The number of aryl methyl sites for hydroxylation is 1. The van der Waals surface area contributed by atoms with Crippen LogP contribution in [-0.4, -0.2) is 23.4 Å². The molecule has 9 heteroatoms. The Morgan fingerprint density at radius 1 is 1.21 bits per heavy atom. The van der Waals surface area contributed by atoms with Crippen molar-refractivity contribution < 1.29 is 9.53 Å². The minimum atomic E-state index is -0.368. The van der Waals surface area contributed by atoms with Crippen molar-refractivity contribution in [2.24, 2.45) is 10.7 Å². The van der Waals surface area contributed by atoms with Gasteiger partial charge in [-0.3, -0.25) is 10.1 Å². The topological polar surface area (TPSA) is 89.6 Å². The normalized spacial score (nSPS) is 11.4. The van der Waals surface area contributed by atoms with Gasteiger partial charge in [0.1, 0.15) is 5.75 Å². The molecule has 29 heavy (non-hydrogen) atoms. The van der Waals surface area contributed by atoms with E-state index in [-0.39, 0.29) is 18.4 Å². The Labute approximate surface area is 182 Å². The fourth-order valence-electron chi connectivity index (χ4n) is 2.68. The minimum Gasteiger partial charge on any atom is -0.497 e. The lowest BCUT2D eigenvalue weighted by molar-refractivity contribution is 0.0977. The summed E-state index contributed by atoms with van der Waals surface area (Å²) in [7, 11) is 1.60. The van der Waals surface area contributed by atoms with Crippen LogP contribution in [0.2, 0.25) is 10.0 Å². The molecule has 1 amide bonds. The molecule has 0 spiro atoms. The second-order valence-electron chi connectivity index (χ2n) is 6.12. The molecule has 0 saturated carbocycles. The van der Waals surface area contributed by atoms with E-state index in [9.17, 15) is 4.79 Å². The van der Waals surface area contributed by atoms with Crippen molar-refractivity contribution in [3.8, 4) is 17.0 Å². The van der Waals surface area contributed by atoms with Crippen molar-refractivity contribution in [1.82, 2.24) is 9.69 Å². The standard InChI is InChI=1S/C20H18Cl2N4O2S/c1-11-17(18(26-29-11)13-3-5-16(28-2)6-4-13)19(27)25-20(23)24-10-12-7-14(21)9-15(22)8-12/h3-9H,10H2,1-2H3,(H3,23,24,25,27). The summed E-state index contributed by atoms with van der Waals surface area (Å²) >= 11 is 13.2. The van der Waals surface area contributed by atoms with Gasteiger partial charge in [0.15, 0.2) is 5.96 Å². The molecule has 0 aliphatic rings. The highest BCUT2D eigenvalue weighted by Gasteiger charge is 2.20. The fraction of sp³-hybridized carbons (Fsp3) is 0.150. The number of amides is 1. The van der Waals surface area contributed by atoms with Crippen molar-refractivity contribution in [2.75, 3.05) is 7.11 Å². The van der Waals surface area contributed by atoms with Crippen LogP contribution in [0.3, 0.4) is 0 Å². The highest BCUT2D eigenvalue weighted by molar-refractivity contribution is 7.06. The van der Waals surface area contributed by atoms with Gasteiger partial charge in [-0.15, -0.1) is 0 Å². The number of hydrogen-bond acceptors (Lipinski definition) is 5. The molecule has 150 valence electrons. The fourth-order valence-corrected chi connectivity index (χ4v) is 3.96. The lowest BCUT2D eigenvalue weighted by Crippen LogP contribution is -2.37. The van der Waals surface area contributed by atoms with Crippen LogP contribution in [0.5, 0.6) is 5.75 Å². The molecule has 0 aliphatic heterocycles. The van der Waals surface area contributed by atoms with Gasteiger partial charge in [0, 0.05) is 20.5 Å². The first kappa shape index (κ1) is 21.1. The molecule has 0 fully saturated rings. The van der Waals surface area contributed by atoms with Crippen LogP contribution in [0.4, 0.5) is 0 Å². The van der Waals surface area contributed by atoms with Crippen molar-refractivity contribution >= 4 is 46.6 Å². The summed E-state index contributed by atoms with van der Waals surface area (Å²) in [6.07, 6.45) is 0. The number of guanidine groups is 1. The average Bonchev–Trinajstić information content (AvgIpc) is 3.07. The van der Waals surface area contributed by atoms with Crippen molar-refractivity contribution in [2.45, 2.75) is 13.5 Å². The molecule has 0 atom stereocenters. The van der Waals surface area contributed by atoms with Crippen molar-refractivity contribution in [3.63, 3.8) is 0 Å². The number of ether oxygens (including phenoxy) is 1. The van der Waals surface area contributed by atoms with Gasteiger partial charge in [0.25, 0.3) is 5.91 Å². The zero-order valence-corrected chi connectivity index (χ0v) is 18.0. The molecule has 0 aliphatic carbocycles. The summed E-state index contributed by atoms with van der Waals surface area (Å²) in [5.74, 6) is 0.356. The number of nitrogens with zero attached hydrogens (tertiary/aromatic N) is 2. The summed E-state index contributed by atoms with van der Waals surface area (Å²) in [6, 6.07) is 12.4. The van der Waals surface area contributed by atoms with Gasteiger partial charge >= 0.3 is 0 Å². The number of nitrogens with two attached hydrogens (primary N) is 1. The lowest BCUT2D eigenvalue weighted by Gasteiger charge is -2.07. The summed E-state index contributed by atoms with van der Waals surface area (Å²) in [6.45, 7) is 2.07. The van der Waals surface area contributed by atoms with E-state index in [4.69, 9.17) is 33.7 Å². The number of halogens is 2. The second kappa shape index (κ2) is 9.26. The van der Waals surface area contributed by atoms with Crippen LogP contribution < -0.4 is 15.8 Å². The third-order valence-electron chi connectivity index (χ3n) is 4.05. The van der Waals surface area contributed by atoms with Gasteiger partial charge in [-0.05, 0) is 66.5 Å². The monoisotopic (exact) mass is 448 g/mol. The largest absolute Gasteiger partial charge is 0.497 e. The van der Waals surface area contributed by atoms with Crippen LogP contribution in [0.15, 0.2) is 47.5 Å². The van der Waals surface area contributed by atoms with E-state index in [1.54, 1.807) is 25.3 Å². The van der Waals surface area contributed by atoms with Gasteiger partial charge in [0.2, 0.25) is 0 Å². The zero-order chi connectivity index (χ0) is 21.0. The quantitative estimate of drug-likeness (QED) is 0.437. The zero-order valence-electron chi connectivity index (χ0n) is 15.7. The number of aromatic nitrogens is 1. The van der Waals surface area contributed by atoms with E-state index >= 15 is 0 Å². The van der Waals surface area contributed by atoms with Gasteiger partial charge in [-0.25, -0.2) is 4.99 Å². The van der Waals surface area contributed by atoms with Gasteiger partial charge in [-0.1, -0.05) is 23.2 Å². The van der Waals surface area contributed by atoms with Gasteiger partial charge < -0.3 is 10.5 Å². The number of hydrogen-bond donors (Lipinski definition) is 2. The molecule has 0 radical (unpaired) electrons. The summed E-state index contributed by atoms with van der Waals surface area (Å²) in [5, 5.41) is 3.64. The Morgan fingerprint density at radius 2 is 1.86 bits per heavy atom. The third kappa shape index (κ3) is 5.26. The molecule has 3 rings (SSSR count). The maximum Gasteiger partial charge on any atom is 0.261 e. The highest BCUT2D eigenvalue weighted by atomic mass is 35.5. The summed E-state index contributed by atoms with van der Waals surface area (Å²) < 4.78 is 9.59. The number of aliphatic imine (C=N–C) groups is 1. The number of carbonyl (C=O) groups excluding carboxylic acids is 1. The van der Waals surface area contributed by atoms with E-state index in [1.807, 2.05) is 31.2 Å². The molecule has 2 aromatic carbocycles. The first-order valence-corrected chi connectivity index (χ1v) is 10.1. The molecule has 3 aromatic rings. The molecule has 0 saturated heterocycles. The van der Waals surface area contributed by atoms with Crippen LogP contribution in [0.1, 0.15) is 20.8 Å². The Kier molecular flexibility index (Phi) is 6.74. The van der Waals surface area contributed by atoms with Crippen LogP contribution >= 0.6 is 34.7 Å². The first-order chi connectivity index (χ1) is 13.9. The molecule has 0 bridgehead atoms. The van der Waals surface area contributed by atoms with E-state index in [0.717, 1.165) is 21.8 Å². The van der Waals surface area contributed by atoms with E-state index in [2.05, 4.69) is 14.7 Å². The Morgan fingerprint density at radius 3 is 2.48 bits per heavy atom. The Bertz CT molecular complexity index is 1040. The molecular weight excluding hydrogens is 431 g/mol. The molecule has 1 heterocycles. The molecule has 0 unspecified atom stereocenters. The highest BCUT2D eigenvalue weighted by Crippen LogP contribution is 2.29. The molecular formula is C20H18Cl2N4O2S.